The number of aromatic nitrogens is 1. The van der Waals surface area contributed by atoms with Crippen molar-refractivity contribution < 1.29 is 13.2 Å². The van der Waals surface area contributed by atoms with Gasteiger partial charge in [0.2, 0.25) is 15.9 Å². The summed E-state index contributed by atoms with van der Waals surface area (Å²) in [6.45, 7) is 1.48. The molecule has 2 heterocycles. The van der Waals surface area contributed by atoms with Crippen LogP contribution in [0.4, 0.5) is 0 Å². The van der Waals surface area contributed by atoms with Crippen molar-refractivity contribution in [2.45, 2.75) is 24.2 Å². The Labute approximate surface area is 197 Å². The predicted octanol–water partition coefficient (Wildman–Crippen LogP) is 4.31. The summed E-state index contributed by atoms with van der Waals surface area (Å²) in [5.41, 5.74) is 1.01. The van der Waals surface area contributed by atoms with Crippen molar-refractivity contribution in [2.24, 2.45) is 0 Å². The largest absolute Gasteiger partial charge is 0.340 e. The number of rotatable bonds is 6. The minimum atomic E-state index is -3.58. The number of benzene rings is 3. The zero-order valence-corrected chi connectivity index (χ0v) is 19.8. The number of carbonyl (C=O) groups excluding carboxylic acids is 1. The van der Waals surface area contributed by atoms with Crippen LogP contribution in [0.2, 0.25) is 0 Å². The molecule has 0 saturated carbocycles. The number of sulfonamides is 1. The standard InChI is InChI=1S/C25H25N3O3S2/c29-25(11-5-10-24-26-22-8-3-4-9-23(22)32-24)27-14-16-28(17-15-27)33(30,31)21-13-12-19-6-1-2-7-20(19)18-21/h1-4,6-9,12-13,18H,5,10-11,14-17H2. The summed E-state index contributed by atoms with van der Waals surface area (Å²) >= 11 is 1.68. The molecule has 1 fully saturated rings. The molecule has 170 valence electrons. The second-order valence-corrected chi connectivity index (χ2v) is 11.3. The lowest BCUT2D eigenvalue weighted by molar-refractivity contribution is -0.132. The molecule has 0 atom stereocenters. The average Bonchev–Trinajstić information content (AvgIpc) is 3.26. The Hall–Kier alpha value is -2.81. The van der Waals surface area contributed by atoms with Gasteiger partial charge < -0.3 is 4.90 Å². The number of hydrogen-bond acceptors (Lipinski definition) is 5. The molecule has 5 rings (SSSR count). The molecule has 0 N–H and O–H groups in total. The fourth-order valence-electron chi connectivity index (χ4n) is 4.23. The van der Waals surface area contributed by atoms with Crippen LogP contribution in [-0.4, -0.2) is 54.7 Å². The summed E-state index contributed by atoms with van der Waals surface area (Å²) in [6, 6.07) is 21.0. The Morgan fingerprint density at radius 3 is 2.42 bits per heavy atom. The zero-order valence-electron chi connectivity index (χ0n) is 18.2. The molecule has 8 heteroatoms. The minimum absolute atomic E-state index is 0.0823. The van der Waals surface area contributed by atoms with E-state index in [1.165, 1.54) is 9.01 Å². The first kappa shape index (κ1) is 22.0. The van der Waals surface area contributed by atoms with E-state index >= 15 is 0 Å². The van der Waals surface area contributed by atoms with E-state index in [4.69, 9.17) is 0 Å². The summed E-state index contributed by atoms with van der Waals surface area (Å²) in [4.78, 5) is 19.4. The van der Waals surface area contributed by atoms with Gasteiger partial charge in [0.05, 0.1) is 20.1 Å². The summed E-state index contributed by atoms with van der Waals surface area (Å²) in [7, 11) is -3.58. The first-order valence-electron chi connectivity index (χ1n) is 11.1. The van der Waals surface area contributed by atoms with Crippen molar-refractivity contribution in [1.29, 1.82) is 0 Å². The highest BCUT2D eigenvalue weighted by Gasteiger charge is 2.30. The minimum Gasteiger partial charge on any atom is -0.340 e. The Kier molecular flexibility index (Phi) is 6.14. The maximum Gasteiger partial charge on any atom is 0.243 e. The molecule has 1 aromatic heterocycles. The van der Waals surface area contributed by atoms with E-state index in [0.29, 0.717) is 37.5 Å². The Morgan fingerprint density at radius 2 is 1.64 bits per heavy atom. The van der Waals surface area contributed by atoms with E-state index in [2.05, 4.69) is 11.1 Å². The van der Waals surface area contributed by atoms with Crippen molar-refractivity contribution in [2.75, 3.05) is 26.2 Å². The molecule has 1 aliphatic heterocycles. The van der Waals surface area contributed by atoms with Gasteiger partial charge in [-0.2, -0.15) is 4.31 Å². The molecule has 4 aromatic rings. The lowest BCUT2D eigenvalue weighted by Crippen LogP contribution is -2.50. The molecular formula is C25H25N3O3S2. The molecule has 0 spiro atoms. The number of piperazine rings is 1. The van der Waals surface area contributed by atoms with Crippen LogP contribution in [0.25, 0.3) is 21.0 Å². The van der Waals surface area contributed by atoms with E-state index in [1.54, 1.807) is 28.4 Å². The van der Waals surface area contributed by atoms with Gasteiger partial charge in [-0.15, -0.1) is 11.3 Å². The fourth-order valence-corrected chi connectivity index (χ4v) is 6.70. The van der Waals surface area contributed by atoms with Crippen molar-refractivity contribution in [3.05, 3.63) is 71.7 Å². The normalized spacial score (nSPS) is 15.3. The summed E-state index contributed by atoms with van der Waals surface area (Å²) in [6.07, 6.45) is 1.98. The highest BCUT2D eigenvalue weighted by atomic mass is 32.2. The van der Waals surface area contributed by atoms with Crippen LogP contribution in [0.3, 0.4) is 0 Å². The van der Waals surface area contributed by atoms with E-state index < -0.39 is 10.0 Å². The van der Waals surface area contributed by atoms with Gasteiger partial charge in [-0.3, -0.25) is 4.79 Å². The Morgan fingerprint density at radius 1 is 0.909 bits per heavy atom. The van der Waals surface area contributed by atoms with Crippen LogP contribution >= 0.6 is 11.3 Å². The van der Waals surface area contributed by atoms with Gasteiger partial charge in [0.25, 0.3) is 0 Å². The van der Waals surface area contributed by atoms with E-state index in [0.717, 1.165) is 34.1 Å². The number of nitrogens with zero attached hydrogens (tertiary/aromatic N) is 3. The van der Waals surface area contributed by atoms with Gasteiger partial charge in [-0.1, -0.05) is 42.5 Å². The molecule has 0 aliphatic carbocycles. The number of thiazole rings is 1. The molecule has 1 amide bonds. The number of hydrogen-bond donors (Lipinski definition) is 0. The summed E-state index contributed by atoms with van der Waals surface area (Å²) < 4.78 is 28.9. The number of aryl methyl sites for hydroxylation is 1. The van der Waals surface area contributed by atoms with E-state index in [1.807, 2.05) is 48.5 Å². The number of fused-ring (bicyclic) bond motifs is 2. The first-order chi connectivity index (χ1) is 16.0. The van der Waals surface area contributed by atoms with Crippen molar-refractivity contribution in [3.8, 4) is 0 Å². The lowest BCUT2D eigenvalue weighted by Gasteiger charge is -2.34. The topological polar surface area (TPSA) is 70.6 Å². The highest BCUT2D eigenvalue weighted by molar-refractivity contribution is 7.89. The quantitative estimate of drug-likeness (QED) is 0.413. The van der Waals surface area contributed by atoms with E-state index in [-0.39, 0.29) is 5.91 Å². The van der Waals surface area contributed by atoms with Crippen LogP contribution in [0, 0.1) is 0 Å². The molecule has 0 radical (unpaired) electrons. The molecule has 0 unspecified atom stereocenters. The van der Waals surface area contributed by atoms with Crippen molar-refractivity contribution in [3.63, 3.8) is 0 Å². The molecule has 1 aliphatic rings. The fraction of sp³-hybridized carbons (Fsp3) is 0.280. The van der Waals surface area contributed by atoms with Crippen LogP contribution < -0.4 is 0 Å². The molecular weight excluding hydrogens is 454 g/mol. The Bertz CT molecular complexity index is 1370. The van der Waals surface area contributed by atoms with Crippen LogP contribution in [0.15, 0.2) is 71.6 Å². The summed E-state index contributed by atoms with van der Waals surface area (Å²) in [5.74, 6) is 0.0823. The monoisotopic (exact) mass is 479 g/mol. The van der Waals surface area contributed by atoms with Gasteiger partial charge in [0.15, 0.2) is 0 Å². The second kappa shape index (κ2) is 9.21. The van der Waals surface area contributed by atoms with Crippen LogP contribution in [-0.2, 0) is 21.2 Å². The third-order valence-corrected chi connectivity index (χ3v) is 9.06. The SMILES string of the molecule is O=C(CCCc1nc2ccccc2s1)N1CCN(S(=O)(=O)c2ccc3ccccc3c2)CC1. The lowest BCUT2D eigenvalue weighted by atomic mass is 10.1. The van der Waals surface area contributed by atoms with Gasteiger partial charge >= 0.3 is 0 Å². The van der Waals surface area contributed by atoms with E-state index in [9.17, 15) is 13.2 Å². The third-order valence-electron chi connectivity index (χ3n) is 6.07. The molecule has 1 saturated heterocycles. The maximum atomic E-state index is 13.1. The second-order valence-electron chi connectivity index (χ2n) is 8.22. The molecule has 6 nitrogen and oxygen atoms in total. The maximum absolute atomic E-state index is 13.1. The Balaban J connectivity index is 1.15. The van der Waals surface area contributed by atoms with Crippen molar-refractivity contribution >= 4 is 48.3 Å². The highest BCUT2D eigenvalue weighted by Crippen LogP contribution is 2.24. The zero-order chi connectivity index (χ0) is 22.8. The smallest absolute Gasteiger partial charge is 0.243 e. The van der Waals surface area contributed by atoms with Crippen molar-refractivity contribution in [1.82, 2.24) is 14.2 Å². The van der Waals surface area contributed by atoms with Gasteiger partial charge in [-0.25, -0.2) is 13.4 Å². The number of para-hydroxylation sites is 1. The third kappa shape index (κ3) is 4.64. The van der Waals surface area contributed by atoms with Crippen LogP contribution in [0.1, 0.15) is 17.8 Å². The molecule has 33 heavy (non-hydrogen) atoms. The summed E-state index contributed by atoms with van der Waals surface area (Å²) in [5, 5.41) is 2.97. The molecule has 0 bridgehead atoms. The predicted molar refractivity (Wildman–Crippen MR) is 132 cm³/mol. The average molecular weight is 480 g/mol. The number of amides is 1. The molecule has 3 aromatic carbocycles. The van der Waals surface area contributed by atoms with Crippen LogP contribution in [0.5, 0.6) is 0 Å². The van der Waals surface area contributed by atoms with Gasteiger partial charge in [0.1, 0.15) is 0 Å². The van der Waals surface area contributed by atoms with Gasteiger partial charge in [0, 0.05) is 32.6 Å². The first-order valence-corrected chi connectivity index (χ1v) is 13.4. The van der Waals surface area contributed by atoms with Gasteiger partial charge in [-0.05, 0) is 47.9 Å². The number of carbonyl (C=O) groups is 1.